The number of anilines is 3. The molecule has 3 rings (SSSR count). The molecule has 0 aliphatic heterocycles. The summed E-state index contributed by atoms with van der Waals surface area (Å²) in [6.07, 6.45) is -3.85. The van der Waals surface area contributed by atoms with E-state index in [9.17, 15) is 27.6 Å². The average Bonchev–Trinajstić information content (AvgIpc) is 2.90. The minimum absolute atomic E-state index is 0.00783. The van der Waals surface area contributed by atoms with E-state index in [2.05, 4.69) is 21.3 Å². The van der Waals surface area contributed by atoms with Gasteiger partial charge in [-0.25, -0.2) is 0 Å². The van der Waals surface area contributed by atoms with Gasteiger partial charge in [0.15, 0.2) is 0 Å². The van der Waals surface area contributed by atoms with E-state index < -0.39 is 17.6 Å². The fourth-order valence-corrected chi connectivity index (χ4v) is 3.39. The van der Waals surface area contributed by atoms with Crippen molar-refractivity contribution in [1.29, 1.82) is 0 Å². The fourth-order valence-electron chi connectivity index (χ4n) is 3.39. The molecular formula is C27H27F3N4O4. The molecule has 0 saturated carbocycles. The first kappa shape index (κ1) is 28.2. The minimum Gasteiger partial charge on any atom is -0.385 e. The third kappa shape index (κ3) is 8.63. The maximum Gasteiger partial charge on any atom is 0.416 e. The molecule has 0 fully saturated rings. The summed E-state index contributed by atoms with van der Waals surface area (Å²) < 4.78 is 43.7. The summed E-state index contributed by atoms with van der Waals surface area (Å²) in [7, 11) is 1.58. The van der Waals surface area contributed by atoms with Gasteiger partial charge in [0.1, 0.15) is 0 Å². The molecular weight excluding hydrogens is 501 g/mol. The Labute approximate surface area is 217 Å². The fraction of sp³-hybridized carbons (Fsp3) is 0.222. The quantitative estimate of drug-likeness (QED) is 0.268. The molecule has 38 heavy (non-hydrogen) atoms. The summed E-state index contributed by atoms with van der Waals surface area (Å²) in [6.45, 7) is 0.864. The van der Waals surface area contributed by atoms with Crippen LogP contribution in [0, 0.1) is 0 Å². The third-order valence-electron chi connectivity index (χ3n) is 5.24. The number of hydrogen-bond donors (Lipinski definition) is 4. The zero-order chi connectivity index (χ0) is 27.5. The lowest BCUT2D eigenvalue weighted by Gasteiger charge is -2.12. The van der Waals surface area contributed by atoms with Gasteiger partial charge in [-0.15, -0.1) is 0 Å². The number of rotatable bonds is 11. The SMILES string of the molecule is COCCCNC(=O)c1cccc(NC(=O)CNc2cccc(C(=O)Nc3cccc(C(F)(F)F)c3)c2)c1. The van der Waals surface area contributed by atoms with Crippen LogP contribution < -0.4 is 21.3 Å². The van der Waals surface area contributed by atoms with Crippen molar-refractivity contribution in [2.75, 3.05) is 42.8 Å². The first-order valence-corrected chi connectivity index (χ1v) is 11.7. The third-order valence-corrected chi connectivity index (χ3v) is 5.24. The second kappa shape index (κ2) is 13.2. The topological polar surface area (TPSA) is 109 Å². The molecule has 11 heteroatoms. The van der Waals surface area contributed by atoms with Crippen LogP contribution in [0.5, 0.6) is 0 Å². The number of amides is 3. The molecule has 0 aliphatic rings. The van der Waals surface area contributed by atoms with E-state index in [1.807, 2.05) is 0 Å². The summed E-state index contributed by atoms with van der Waals surface area (Å²) in [5.74, 6) is -1.26. The smallest absolute Gasteiger partial charge is 0.385 e. The van der Waals surface area contributed by atoms with Crippen molar-refractivity contribution < 1.29 is 32.3 Å². The van der Waals surface area contributed by atoms with Gasteiger partial charge in [-0.3, -0.25) is 14.4 Å². The van der Waals surface area contributed by atoms with Crippen molar-refractivity contribution in [1.82, 2.24) is 5.32 Å². The van der Waals surface area contributed by atoms with Gasteiger partial charge in [0.05, 0.1) is 12.1 Å². The zero-order valence-corrected chi connectivity index (χ0v) is 20.5. The second-order valence-electron chi connectivity index (χ2n) is 8.20. The Morgan fingerprint density at radius 1 is 0.789 bits per heavy atom. The maximum atomic E-state index is 12.9. The number of ether oxygens (including phenoxy) is 1. The number of carbonyl (C=O) groups excluding carboxylic acids is 3. The average molecular weight is 529 g/mol. The van der Waals surface area contributed by atoms with Crippen LogP contribution in [0.4, 0.5) is 30.2 Å². The van der Waals surface area contributed by atoms with Gasteiger partial charge in [0, 0.05) is 48.5 Å². The van der Waals surface area contributed by atoms with Crippen LogP contribution >= 0.6 is 0 Å². The Balaban J connectivity index is 1.54. The molecule has 0 radical (unpaired) electrons. The van der Waals surface area contributed by atoms with Gasteiger partial charge < -0.3 is 26.0 Å². The van der Waals surface area contributed by atoms with E-state index in [0.717, 1.165) is 12.1 Å². The first-order chi connectivity index (χ1) is 18.2. The molecule has 0 aromatic heterocycles. The lowest BCUT2D eigenvalue weighted by atomic mass is 10.1. The summed E-state index contributed by atoms with van der Waals surface area (Å²) >= 11 is 0. The molecule has 0 bridgehead atoms. The molecule has 3 aromatic rings. The summed E-state index contributed by atoms with van der Waals surface area (Å²) in [5, 5.41) is 10.8. The number of alkyl halides is 3. The number of halogens is 3. The molecule has 0 heterocycles. The van der Waals surface area contributed by atoms with Crippen LogP contribution in [-0.2, 0) is 15.7 Å². The van der Waals surface area contributed by atoms with Crippen molar-refractivity contribution in [3.05, 3.63) is 89.5 Å². The monoisotopic (exact) mass is 528 g/mol. The molecule has 3 amide bonds. The summed E-state index contributed by atoms with van der Waals surface area (Å²) in [5.41, 5.74) is 0.625. The van der Waals surface area contributed by atoms with Gasteiger partial charge >= 0.3 is 6.18 Å². The highest BCUT2D eigenvalue weighted by atomic mass is 19.4. The molecule has 200 valence electrons. The summed E-state index contributed by atoms with van der Waals surface area (Å²) in [6, 6.07) is 17.0. The lowest BCUT2D eigenvalue weighted by molar-refractivity contribution is -0.137. The predicted octanol–water partition coefficient (Wildman–Crippen LogP) is 4.77. The maximum absolute atomic E-state index is 12.9. The van der Waals surface area contributed by atoms with Crippen LogP contribution in [0.2, 0.25) is 0 Å². The Hall–Kier alpha value is -4.38. The van der Waals surface area contributed by atoms with E-state index in [-0.39, 0.29) is 29.6 Å². The largest absolute Gasteiger partial charge is 0.416 e. The number of hydrogen-bond acceptors (Lipinski definition) is 5. The molecule has 0 aliphatic carbocycles. The second-order valence-corrected chi connectivity index (χ2v) is 8.20. The Bertz CT molecular complexity index is 1280. The first-order valence-electron chi connectivity index (χ1n) is 11.7. The van der Waals surface area contributed by atoms with Crippen molar-refractivity contribution >= 4 is 34.8 Å². The Kier molecular flexibility index (Phi) is 9.83. The number of nitrogens with one attached hydrogen (secondary N) is 4. The predicted molar refractivity (Wildman–Crippen MR) is 138 cm³/mol. The van der Waals surface area contributed by atoms with Gasteiger partial charge in [-0.2, -0.15) is 13.2 Å². The van der Waals surface area contributed by atoms with Crippen molar-refractivity contribution in [2.24, 2.45) is 0 Å². The normalized spacial score (nSPS) is 10.9. The van der Waals surface area contributed by atoms with Gasteiger partial charge in [0.2, 0.25) is 5.91 Å². The van der Waals surface area contributed by atoms with Crippen molar-refractivity contribution in [2.45, 2.75) is 12.6 Å². The standard InChI is InChI=1S/C27H27F3N4O4/c1-38-13-5-12-31-25(36)18-6-3-10-22(15-18)33-24(35)17-32-21-9-2-7-19(14-21)26(37)34-23-11-4-8-20(16-23)27(28,29)30/h2-4,6-11,14-16,32H,5,12-13,17H2,1H3,(H,31,36)(H,33,35)(H,34,37). The highest BCUT2D eigenvalue weighted by Gasteiger charge is 2.30. The van der Waals surface area contributed by atoms with Crippen LogP contribution in [0.25, 0.3) is 0 Å². The Morgan fingerprint density at radius 2 is 1.39 bits per heavy atom. The highest BCUT2D eigenvalue weighted by Crippen LogP contribution is 2.30. The lowest BCUT2D eigenvalue weighted by Crippen LogP contribution is -2.25. The van der Waals surface area contributed by atoms with Crippen molar-refractivity contribution in [3.8, 4) is 0 Å². The molecule has 4 N–H and O–H groups in total. The minimum atomic E-state index is -4.52. The Morgan fingerprint density at radius 3 is 2.08 bits per heavy atom. The molecule has 0 unspecified atom stereocenters. The number of methoxy groups -OCH3 is 1. The van der Waals surface area contributed by atoms with E-state index >= 15 is 0 Å². The zero-order valence-electron chi connectivity index (χ0n) is 20.5. The molecule has 3 aromatic carbocycles. The molecule has 0 atom stereocenters. The molecule has 0 saturated heterocycles. The van der Waals surface area contributed by atoms with Crippen molar-refractivity contribution in [3.63, 3.8) is 0 Å². The molecule has 8 nitrogen and oxygen atoms in total. The van der Waals surface area contributed by atoms with Crippen LogP contribution in [0.15, 0.2) is 72.8 Å². The van der Waals surface area contributed by atoms with E-state index in [4.69, 9.17) is 4.74 Å². The van der Waals surface area contributed by atoms with E-state index in [1.165, 1.54) is 24.3 Å². The van der Waals surface area contributed by atoms with E-state index in [1.54, 1.807) is 43.5 Å². The van der Waals surface area contributed by atoms with Crippen LogP contribution in [0.1, 0.15) is 32.7 Å². The van der Waals surface area contributed by atoms with Gasteiger partial charge in [-0.1, -0.05) is 18.2 Å². The highest BCUT2D eigenvalue weighted by molar-refractivity contribution is 6.05. The molecule has 0 spiro atoms. The van der Waals surface area contributed by atoms with E-state index in [0.29, 0.717) is 36.5 Å². The number of benzene rings is 3. The van der Waals surface area contributed by atoms with Gasteiger partial charge in [-0.05, 0) is 61.0 Å². The van der Waals surface area contributed by atoms with Crippen LogP contribution in [-0.4, -0.2) is 44.5 Å². The summed E-state index contributed by atoms with van der Waals surface area (Å²) in [4.78, 5) is 37.2. The number of carbonyl (C=O) groups is 3. The van der Waals surface area contributed by atoms with Gasteiger partial charge in [0.25, 0.3) is 11.8 Å². The van der Waals surface area contributed by atoms with Crippen LogP contribution in [0.3, 0.4) is 0 Å².